The van der Waals surface area contributed by atoms with Crippen LogP contribution in [0.3, 0.4) is 0 Å². The Morgan fingerprint density at radius 1 is 1.50 bits per heavy atom. The summed E-state index contributed by atoms with van der Waals surface area (Å²) in [7, 11) is -3.41. The number of nitrogens with two attached hydrogens (primary N) is 1. The van der Waals surface area contributed by atoms with Crippen LogP contribution in [0.25, 0.3) is 0 Å². The number of primary sulfonamides is 1. The fourth-order valence-electron chi connectivity index (χ4n) is 0.640. The van der Waals surface area contributed by atoms with Crippen LogP contribution in [0.1, 0.15) is 0 Å². The molecule has 0 saturated heterocycles. The highest BCUT2D eigenvalue weighted by Crippen LogP contribution is 2.02. The van der Waals surface area contributed by atoms with E-state index in [0.29, 0.717) is 16.6 Å². The number of allylic oxidation sites excluding steroid dienone is 2. The van der Waals surface area contributed by atoms with Crippen LogP contribution in [0.4, 0.5) is 0 Å². The summed E-state index contributed by atoms with van der Waals surface area (Å²) < 4.78 is 21.7. The van der Waals surface area contributed by atoms with Gasteiger partial charge >= 0.3 is 0 Å². The summed E-state index contributed by atoms with van der Waals surface area (Å²) in [6.07, 6.45) is 5.82. The summed E-state index contributed by atoms with van der Waals surface area (Å²) in [5.74, 6) is 0.244. The molecular weight excluding hydrogens is 268 g/mol. The molecule has 0 saturated carbocycles. The maximum Gasteiger partial charge on any atom is 0.209 e. The maximum absolute atomic E-state index is 10.6. The Balaban J connectivity index is 3.60. The number of rotatable bonds is 6. The van der Waals surface area contributed by atoms with Crippen LogP contribution in [0.2, 0.25) is 0 Å². The van der Waals surface area contributed by atoms with E-state index in [1.165, 1.54) is 17.8 Å². The number of thiocarbonyl (C=S) groups is 1. The van der Waals surface area contributed by atoms with E-state index in [9.17, 15) is 8.42 Å². The van der Waals surface area contributed by atoms with E-state index in [2.05, 4.69) is 5.32 Å². The van der Waals surface area contributed by atoms with Crippen molar-refractivity contribution < 1.29 is 13.5 Å². The molecule has 4 N–H and O–H groups in total. The van der Waals surface area contributed by atoms with E-state index in [-0.39, 0.29) is 5.75 Å². The van der Waals surface area contributed by atoms with Crippen LogP contribution < -0.4 is 10.5 Å². The van der Waals surface area contributed by atoms with Gasteiger partial charge in [0.15, 0.2) is 0 Å². The molecule has 0 aromatic carbocycles. The molecule has 0 fully saturated rings. The number of sulfonamides is 1. The van der Waals surface area contributed by atoms with E-state index < -0.39 is 10.0 Å². The zero-order valence-electron chi connectivity index (χ0n) is 8.50. The minimum Gasteiger partial charge on any atom is -0.516 e. The van der Waals surface area contributed by atoms with E-state index in [4.69, 9.17) is 22.5 Å². The summed E-state index contributed by atoms with van der Waals surface area (Å²) in [6.45, 7) is 0.519. The topological polar surface area (TPSA) is 92.4 Å². The van der Waals surface area contributed by atoms with E-state index in [0.717, 1.165) is 6.26 Å². The maximum atomic E-state index is 10.6. The quantitative estimate of drug-likeness (QED) is 0.373. The minimum atomic E-state index is -3.41. The molecular formula is C8H14N2O3S3. The first-order chi connectivity index (χ1) is 7.45. The summed E-state index contributed by atoms with van der Waals surface area (Å²) in [5, 5.41) is 16.0. The number of aliphatic hydroxyl groups excluding tert-OH is 1. The molecule has 0 aliphatic carbocycles. The average molecular weight is 282 g/mol. The van der Waals surface area contributed by atoms with Gasteiger partial charge in [-0.15, -0.1) is 0 Å². The number of aliphatic hydroxyl groups is 1. The van der Waals surface area contributed by atoms with Gasteiger partial charge in [-0.05, 0) is 6.08 Å². The second kappa shape index (κ2) is 8.57. The third-order valence-corrected chi connectivity index (χ3v) is 3.64. The van der Waals surface area contributed by atoms with Gasteiger partial charge in [0.1, 0.15) is 4.32 Å². The van der Waals surface area contributed by atoms with Crippen LogP contribution in [0.5, 0.6) is 0 Å². The zero-order valence-corrected chi connectivity index (χ0v) is 10.9. The van der Waals surface area contributed by atoms with Gasteiger partial charge in [0.05, 0.1) is 12.0 Å². The van der Waals surface area contributed by atoms with E-state index in [1.807, 2.05) is 0 Å². The first kappa shape index (κ1) is 15.4. The molecule has 0 aromatic heterocycles. The monoisotopic (exact) mass is 282 g/mol. The highest BCUT2D eigenvalue weighted by molar-refractivity contribution is 8.23. The Bertz CT molecular complexity index is 363. The zero-order chi connectivity index (χ0) is 12.4. The van der Waals surface area contributed by atoms with Crippen molar-refractivity contribution in [1.29, 1.82) is 0 Å². The first-order valence-corrected chi connectivity index (χ1v) is 7.43. The normalized spacial score (nSPS) is 12.3. The van der Waals surface area contributed by atoms with Crippen molar-refractivity contribution in [2.45, 2.75) is 0 Å². The van der Waals surface area contributed by atoms with Crippen molar-refractivity contribution in [3.63, 3.8) is 0 Å². The van der Waals surface area contributed by atoms with Crippen molar-refractivity contribution in [1.82, 2.24) is 5.32 Å². The van der Waals surface area contributed by atoms with Gasteiger partial charge in [-0.2, -0.15) is 0 Å². The summed E-state index contributed by atoms with van der Waals surface area (Å²) in [4.78, 5) is 0. The van der Waals surface area contributed by atoms with Crippen LogP contribution in [0, 0.1) is 0 Å². The molecule has 0 rings (SSSR count). The van der Waals surface area contributed by atoms with Gasteiger partial charge in [0.25, 0.3) is 0 Å². The molecule has 8 heteroatoms. The third-order valence-electron chi connectivity index (χ3n) is 1.30. The van der Waals surface area contributed by atoms with Gasteiger partial charge < -0.3 is 10.4 Å². The molecule has 0 atom stereocenters. The lowest BCUT2D eigenvalue weighted by Gasteiger charge is -2.03. The first-order valence-electron chi connectivity index (χ1n) is 4.32. The largest absolute Gasteiger partial charge is 0.516 e. The Hall–Kier alpha value is -0.570. The van der Waals surface area contributed by atoms with Crippen LogP contribution in [0.15, 0.2) is 24.5 Å². The third kappa shape index (κ3) is 11.5. The molecule has 92 valence electrons. The standard InChI is InChI=1S/C8H14N2O3S3/c9-16(12,13)7-6-15-8(14)10-4-2-1-3-5-11/h1-3,5,11H,4,6-7H2,(H,10,14)(H2,9,12,13)/b2-1+,5-3-. The Morgan fingerprint density at radius 3 is 2.75 bits per heavy atom. The molecule has 5 nitrogen and oxygen atoms in total. The number of thioether (sulfide) groups is 1. The number of hydrogen-bond acceptors (Lipinski definition) is 5. The summed E-state index contributed by atoms with van der Waals surface area (Å²) in [5.41, 5.74) is 0. The molecule has 0 aliphatic heterocycles. The SMILES string of the molecule is NS(=O)(=O)CCSC(=S)NC/C=C/C=C\O. The van der Waals surface area contributed by atoms with Gasteiger partial charge in [-0.3, -0.25) is 0 Å². The Labute approximate surface area is 105 Å². The Morgan fingerprint density at radius 2 is 2.19 bits per heavy atom. The lowest BCUT2D eigenvalue weighted by atomic mass is 10.5. The Kier molecular flexibility index (Phi) is 8.26. The van der Waals surface area contributed by atoms with Gasteiger partial charge in [-0.25, -0.2) is 13.6 Å². The molecule has 0 radical (unpaired) electrons. The van der Waals surface area contributed by atoms with Crippen LogP contribution in [-0.2, 0) is 10.0 Å². The van der Waals surface area contributed by atoms with Crippen molar-refractivity contribution in [2.24, 2.45) is 5.14 Å². The number of nitrogens with one attached hydrogen (secondary N) is 1. The van der Waals surface area contributed by atoms with Crippen molar-refractivity contribution >= 4 is 38.3 Å². The highest BCUT2D eigenvalue weighted by Gasteiger charge is 2.03. The second-order valence-corrected chi connectivity index (χ2v) is 6.16. The summed E-state index contributed by atoms with van der Waals surface area (Å²) >= 11 is 6.16. The highest BCUT2D eigenvalue weighted by atomic mass is 32.2. The van der Waals surface area contributed by atoms with Crippen LogP contribution in [-0.4, -0.2) is 35.9 Å². The van der Waals surface area contributed by atoms with Gasteiger partial charge in [-0.1, -0.05) is 36.1 Å². The van der Waals surface area contributed by atoms with Crippen LogP contribution >= 0.6 is 24.0 Å². The van der Waals surface area contributed by atoms with E-state index in [1.54, 1.807) is 12.2 Å². The van der Waals surface area contributed by atoms with Gasteiger partial charge in [0, 0.05) is 12.3 Å². The molecule has 0 spiro atoms. The predicted molar refractivity (Wildman–Crippen MR) is 71.9 cm³/mol. The van der Waals surface area contributed by atoms with Gasteiger partial charge in [0.2, 0.25) is 10.0 Å². The molecule has 0 heterocycles. The lowest BCUT2D eigenvalue weighted by Crippen LogP contribution is -2.22. The molecule has 0 unspecified atom stereocenters. The fraction of sp³-hybridized carbons (Fsp3) is 0.375. The molecule has 16 heavy (non-hydrogen) atoms. The van der Waals surface area contributed by atoms with Crippen molar-refractivity contribution in [3.8, 4) is 0 Å². The minimum absolute atomic E-state index is 0.0947. The number of hydrogen-bond donors (Lipinski definition) is 3. The van der Waals surface area contributed by atoms with E-state index >= 15 is 0 Å². The lowest BCUT2D eigenvalue weighted by molar-refractivity contribution is 0.473. The molecule has 0 aromatic rings. The smallest absolute Gasteiger partial charge is 0.209 e. The molecule has 0 amide bonds. The molecule has 0 bridgehead atoms. The van der Waals surface area contributed by atoms with Crippen molar-refractivity contribution in [3.05, 3.63) is 24.5 Å². The fourth-order valence-corrected chi connectivity index (χ4v) is 2.61. The predicted octanol–water partition coefficient (Wildman–Crippen LogP) is 0.511. The summed E-state index contributed by atoms with van der Waals surface area (Å²) in [6, 6.07) is 0. The molecule has 0 aliphatic rings. The van der Waals surface area contributed by atoms with Crippen molar-refractivity contribution in [2.75, 3.05) is 18.1 Å². The average Bonchev–Trinajstić information content (AvgIpc) is 2.15. The second-order valence-electron chi connectivity index (χ2n) is 2.65.